The maximum atomic E-state index is 12.3. The molecule has 1 spiro atoms. The van der Waals surface area contributed by atoms with E-state index in [-0.39, 0.29) is 11.7 Å². The predicted octanol–water partition coefficient (Wildman–Crippen LogP) is 0.735. The van der Waals surface area contributed by atoms with Gasteiger partial charge in [-0.1, -0.05) is 13.0 Å². The van der Waals surface area contributed by atoms with Gasteiger partial charge in [0.2, 0.25) is 0 Å². The van der Waals surface area contributed by atoms with E-state index in [2.05, 4.69) is 0 Å². The van der Waals surface area contributed by atoms with Crippen LogP contribution in [0, 0.1) is 17.3 Å². The Morgan fingerprint density at radius 2 is 2.14 bits per heavy atom. The van der Waals surface area contributed by atoms with E-state index in [1.165, 1.54) is 0 Å². The molecule has 0 amide bonds. The van der Waals surface area contributed by atoms with Crippen molar-refractivity contribution in [1.29, 1.82) is 0 Å². The SMILES string of the molecule is CC1=CC[C@]2([C@H]3[C@H](C)CO[C@]2(C)O[C@@H]3C(=O)O)[C@H](O)C1=O. The number of carboxylic acid groups (broad SMARTS) is 1. The monoisotopic (exact) mass is 296 g/mol. The molecule has 6 atom stereocenters. The molecule has 3 aliphatic rings. The fraction of sp³-hybridized carbons (Fsp3) is 0.733. The van der Waals surface area contributed by atoms with Crippen molar-refractivity contribution >= 4 is 11.8 Å². The number of aliphatic hydroxyl groups excluding tert-OH is 1. The summed E-state index contributed by atoms with van der Waals surface area (Å²) in [5.74, 6) is -3.29. The highest BCUT2D eigenvalue weighted by Crippen LogP contribution is 2.62. The van der Waals surface area contributed by atoms with Crippen LogP contribution in [0.3, 0.4) is 0 Å². The van der Waals surface area contributed by atoms with Crippen LogP contribution < -0.4 is 0 Å². The van der Waals surface area contributed by atoms with Gasteiger partial charge in [0.25, 0.3) is 0 Å². The van der Waals surface area contributed by atoms with E-state index in [1.54, 1.807) is 19.9 Å². The van der Waals surface area contributed by atoms with E-state index in [9.17, 15) is 19.8 Å². The molecule has 0 aromatic heterocycles. The van der Waals surface area contributed by atoms with Crippen LogP contribution in [0.2, 0.25) is 0 Å². The van der Waals surface area contributed by atoms with E-state index in [1.807, 2.05) is 6.92 Å². The Labute approximate surface area is 122 Å². The number of carboxylic acids is 1. The maximum absolute atomic E-state index is 12.3. The lowest BCUT2D eigenvalue weighted by Crippen LogP contribution is -2.63. The topological polar surface area (TPSA) is 93.1 Å². The molecule has 3 rings (SSSR count). The summed E-state index contributed by atoms with van der Waals surface area (Å²) in [6, 6.07) is 0. The molecule has 21 heavy (non-hydrogen) atoms. The van der Waals surface area contributed by atoms with Crippen LogP contribution in [0.25, 0.3) is 0 Å². The van der Waals surface area contributed by atoms with Gasteiger partial charge in [0.1, 0.15) is 6.10 Å². The van der Waals surface area contributed by atoms with Crippen LogP contribution in [-0.4, -0.2) is 46.6 Å². The van der Waals surface area contributed by atoms with Gasteiger partial charge in [0.05, 0.1) is 12.0 Å². The van der Waals surface area contributed by atoms with Crippen LogP contribution in [0.1, 0.15) is 27.2 Å². The van der Waals surface area contributed by atoms with Crippen molar-refractivity contribution in [2.45, 2.75) is 45.2 Å². The van der Waals surface area contributed by atoms with Gasteiger partial charge in [-0.2, -0.15) is 0 Å². The molecule has 2 N–H and O–H groups in total. The zero-order valence-electron chi connectivity index (χ0n) is 12.3. The standard InChI is InChI=1S/C15H20O6/c1-7-4-5-15(12(17)10(7)16)9-8(2)6-20-14(15,3)21-11(9)13(18)19/h4,8-9,11-12,17H,5-6H2,1-3H3,(H,18,19)/t8-,9+,11+,12-,14-,15+/m1/s1. The number of Topliss-reactive ketones (excluding diaryl/α,β-unsaturated/α-hetero) is 1. The van der Waals surface area contributed by atoms with Crippen LogP contribution in [0.4, 0.5) is 0 Å². The Balaban J connectivity index is 2.17. The van der Waals surface area contributed by atoms with Crippen LogP contribution in [0.15, 0.2) is 11.6 Å². The summed E-state index contributed by atoms with van der Waals surface area (Å²) in [6.07, 6.45) is -0.234. The summed E-state index contributed by atoms with van der Waals surface area (Å²) in [5.41, 5.74) is -0.536. The average molecular weight is 296 g/mol. The van der Waals surface area contributed by atoms with E-state index < -0.39 is 35.3 Å². The highest BCUT2D eigenvalue weighted by molar-refractivity contribution is 6.00. The molecule has 2 saturated heterocycles. The number of aliphatic carboxylic acids is 1. The zero-order chi connectivity index (χ0) is 15.6. The van der Waals surface area contributed by atoms with Crippen LogP contribution in [0.5, 0.6) is 0 Å². The summed E-state index contributed by atoms with van der Waals surface area (Å²) in [5, 5.41) is 20.1. The van der Waals surface area contributed by atoms with Gasteiger partial charge in [-0.15, -0.1) is 0 Å². The summed E-state index contributed by atoms with van der Waals surface area (Å²) < 4.78 is 11.5. The number of carbonyl (C=O) groups excluding carboxylic acids is 1. The Morgan fingerprint density at radius 3 is 2.76 bits per heavy atom. The Morgan fingerprint density at radius 1 is 1.48 bits per heavy atom. The van der Waals surface area contributed by atoms with E-state index >= 15 is 0 Å². The molecule has 0 radical (unpaired) electrons. The first-order valence-electron chi connectivity index (χ1n) is 7.18. The highest BCUT2D eigenvalue weighted by atomic mass is 16.7. The third-order valence-electron chi connectivity index (χ3n) is 5.47. The number of rotatable bonds is 1. The Bertz CT molecular complexity index is 540. The summed E-state index contributed by atoms with van der Waals surface area (Å²) in [4.78, 5) is 23.8. The molecule has 2 bridgehead atoms. The predicted molar refractivity (Wildman–Crippen MR) is 71.3 cm³/mol. The molecule has 0 aromatic carbocycles. The third-order valence-corrected chi connectivity index (χ3v) is 5.47. The molecule has 0 unspecified atom stereocenters. The molecule has 6 heteroatoms. The molecule has 1 aliphatic carbocycles. The maximum Gasteiger partial charge on any atom is 0.333 e. The molecule has 6 nitrogen and oxygen atoms in total. The fourth-order valence-electron chi connectivity index (χ4n) is 4.31. The zero-order valence-corrected chi connectivity index (χ0v) is 12.3. The van der Waals surface area contributed by atoms with Gasteiger partial charge in [0.15, 0.2) is 17.7 Å². The normalized spacial score (nSPS) is 49.3. The minimum absolute atomic E-state index is 0.115. The molecular weight excluding hydrogens is 276 g/mol. The Kier molecular flexibility index (Phi) is 3.06. The number of hydrogen-bond donors (Lipinski definition) is 2. The number of carbonyl (C=O) groups is 2. The van der Waals surface area contributed by atoms with E-state index in [0.717, 1.165) is 0 Å². The smallest absolute Gasteiger partial charge is 0.333 e. The van der Waals surface area contributed by atoms with Crippen molar-refractivity contribution in [1.82, 2.24) is 0 Å². The number of hydrogen-bond acceptors (Lipinski definition) is 5. The van der Waals surface area contributed by atoms with Crippen molar-refractivity contribution in [2.24, 2.45) is 17.3 Å². The molecule has 2 aliphatic heterocycles. The second-order valence-corrected chi connectivity index (χ2v) is 6.53. The fourth-order valence-corrected chi connectivity index (χ4v) is 4.31. The number of aliphatic hydroxyl groups is 1. The van der Waals surface area contributed by atoms with Crippen molar-refractivity contribution in [2.75, 3.05) is 6.61 Å². The lowest BCUT2D eigenvalue weighted by atomic mass is 9.56. The van der Waals surface area contributed by atoms with Crippen molar-refractivity contribution in [3.05, 3.63) is 11.6 Å². The van der Waals surface area contributed by atoms with Gasteiger partial charge in [0, 0.05) is 5.92 Å². The minimum atomic E-state index is -1.30. The third kappa shape index (κ3) is 1.64. The number of ether oxygens (including phenoxy) is 2. The van der Waals surface area contributed by atoms with Gasteiger partial charge in [-0.3, -0.25) is 4.79 Å². The lowest BCUT2D eigenvalue weighted by molar-refractivity contribution is -0.293. The molecular formula is C15H20O6. The first-order chi connectivity index (χ1) is 9.74. The second kappa shape index (κ2) is 4.38. The lowest BCUT2D eigenvalue weighted by Gasteiger charge is -2.52. The molecule has 116 valence electrons. The van der Waals surface area contributed by atoms with Gasteiger partial charge >= 0.3 is 5.97 Å². The number of allylic oxidation sites excluding steroid dienone is 1. The highest BCUT2D eigenvalue weighted by Gasteiger charge is 2.73. The summed E-state index contributed by atoms with van der Waals surface area (Å²) in [7, 11) is 0. The van der Waals surface area contributed by atoms with Crippen LogP contribution in [-0.2, 0) is 19.1 Å². The minimum Gasteiger partial charge on any atom is -0.479 e. The van der Waals surface area contributed by atoms with Crippen molar-refractivity contribution < 1.29 is 29.3 Å². The van der Waals surface area contributed by atoms with E-state index in [4.69, 9.17) is 9.47 Å². The Hall–Kier alpha value is -1.24. The van der Waals surface area contributed by atoms with Gasteiger partial charge in [-0.05, 0) is 31.8 Å². The van der Waals surface area contributed by atoms with E-state index in [0.29, 0.717) is 18.6 Å². The largest absolute Gasteiger partial charge is 0.479 e. The molecule has 0 aromatic rings. The first-order valence-corrected chi connectivity index (χ1v) is 7.18. The molecule has 2 fully saturated rings. The number of ketones is 1. The first kappa shape index (κ1) is 14.7. The summed E-state index contributed by atoms with van der Waals surface area (Å²) >= 11 is 0. The van der Waals surface area contributed by atoms with Crippen LogP contribution >= 0.6 is 0 Å². The molecule has 0 saturated carbocycles. The second-order valence-electron chi connectivity index (χ2n) is 6.53. The van der Waals surface area contributed by atoms with Crippen molar-refractivity contribution in [3.8, 4) is 0 Å². The van der Waals surface area contributed by atoms with Crippen molar-refractivity contribution in [3.63, 3.8) is 0 Å². The van der Waals surface area contributed by atoms with Gasteiger partial charge in [-0.25, -0.2) is 4.79 Å². The molecule has 2 heterocycles. The summed E-state index contributed by atoms with van der Waals surface area (Å²) in [6.45, 7) is 5.53. The average Bonchev–Trinajstić information content (AvgIpc) is 2.60. The van der Waals surface area contributed by atoms with Gasteiger partial charge < -0.3 is 19.7 Å². The quantitative estimate of drug-likeness (QED) is 0.741.